The molecule has 3 rings (SSSR count). The largest absolute Gasteiger partial charge is 0.322 e. The van der Waals surface area contributed by atoms with Crippen molar-refractivity contribution in [3.8, 4) is 0 Å². The molecular weight excluding hydrogens is 330 g/mol. The summed E-state index contributed by atoms with van der Waals surface area (Å²) in [5.41, 5.74) is 1.38. The van der Waals surface area contributed by atoms with Crippen molar-refractivity contribution in [2.75, 3.05) is 18.0 Å². The number of hydrogen-bond donors (Lipinski definition) is 0. The van der Waals surface area contributed by atoms with Gasteiger partial charge < -0.3 is 4.90 Å². The molecule has 0 aliphatic carbocycles. The smallest absolute Gasteiger partial charge is 0.269 e. The Kier molecular flexibility index (Phi) is 5.73. The molecule has 0 amide bonds. The average Bonchev–Trinajstić information content (AvgIpc) is 2.96. The molecule has 1 heterocycles. The molecule has 1 aliphatic rings. The van der Waals surface area contributed by atoms with Crippen molar-refractivity contribution in [3.05, 3.63) is 70.3 Å². The number of amidine groups is 1. The quantitative estimate of drug-likeness (QED) is 0.458. The molecule has 0 N–H and O–H groups in total. The summed E-state index contributed by atoms with van der Waals surface area (Å²) >= 11 is 0. The van der Waals surface area contributed by atoms with Crippen LogP contribution in [0.5, 0.6) is 0 Å². The van der Waals surface area contributed by atoms with E-state index >= 15 is 0 Å². The van der Waals surface area contributed by atoms with Gasteiger partial charge in [0.2, 0.25) is 0 Å². The van der Waals surface area contributed by atoms with Gasteiger partial charge in [0.25, 0.3) is 5.69 Å². The number of benzene rings is 2. The lowest BCUT2D eigenvalue weighted by atomic mass is 10.1. The summed E-state index contributed by atoms with van der Waals surface area (Å²) in [6, 6.07) is 15.5. The van der Waals surface area contributed by atoms with E-state index in [1.54, 1.807) is 0 Å². The molecule has 134 valence electrons. The van der Waals surface area contributed by atoms with Gasteiger partial charge in [0.05, 0.1) is 11.5 Å². The van der Waals surface area contributed by atoms with Crippen molar-refractivity contribution < 1.29 is 9.72 Å². The molecule has 2 aromatic carbocycles. The van der Waals surface area contributed by atoms with Crippen LogP contribution in [0.3, 0.4) is 0 Å². The molecule has 0 atom stereocenters. The van der Waals surface area contributed by atoms with Crippen molar-refractivity contribution in [3.63, 3.8) is 0 Å². The number of nitro groups is 1. The highest BCUT2D eigenvalue weighted by molar-refractivity contribution is 6.07. The fourth-order valence-electron chi connectivity index (χ4n) is 3.02. The first-order valence-electron chi connectivity index (χ1n) is 8.79. The minimum Gasteiger partial charge on any atom is -0.322 e. The molecular formula is C20H21N3O3. The van der Waals surface area contributed by atoms with Crippen molar-refractivity contribution in [2.45, 2.75) is 25.7 Å². The lowest BCUT2D eigenvalue weighted by Gasteiger charge is -2.25. The predicted octanol–water partition coefficient (Wildman–Crippen LogP) is 4.26. The van der Waals surface area contributed by atoms with Crippen LogP contribution in [0.4, 0.5) is 11.4 Å². The number of hydrogen-bond acceptors (Lipinski definition) is 5. The van der Waals surface area contributed by atoms with Crippen LogP contribution < -0.4 is 4.90 Å². The third-order valence-corrected chi connectivity index (χ3v) is 4.43. The number of non-ortho nitro benzene ring substituents is 1. The minimum absolute atomic E-state index is 0.0189. The topological polar surface area (TPSA) is 75.8 Å². The highest BCUT2D eigenvalue weighted by Gasteiger charge is 2.19. The molecule has 1 aliphatic heterocycles. The second-order valence-electron chi connectivity index (χ2n) is 6.26. The fourth-order valence-corrected chi connectivity index (χ4v) is 3.02. The normalized spacial score (nSPS) is 14.2. The number of carbonyl (C=O) groups excluding carboxylic acids is 1. The van der Waals surface area contributed by atoms with E-state index in [2.05, 4.69) is 4.99 Å². The summed E-state index contributed by atoms with van der Waals surface area (Å²) in [5.74, 6) is 0.847. The van der Waals surface area contributed by atoms with E-state index in [-0.39, 0.29) is 18.0 Å². The first-order valence-corrected chi connectivity index (χ1v) is 8.79. The van der Waals surface area contributed by atoms with Crippen LogP contribution in [0.2, 0.25) is 0 Å². The molecule has 0 saturated carbocycles. The molecule has 0 radical (unpaired) electrons. The van der Waals surface area contributed by atoms with Crippen molar-refractivity contribution in [1.29, 1.82) is 0 Å². The second kappa shape index (κ2) is 8.38. The predicted molar refractivity (Wildman–Crippen MR) is 102 cm³/mol. The Morgan fingerprint density at radius 1 is 1.04 bits per heavy atom. The number of aliphatic imine (C=N–C) groups is 1. The maximum atomic E-state index is 12.8. The zero-order valence-corrected chi connectivity index (χ0v) is 14.5. The van der Waals surface area contributed by atoms with Crippen LogP contribution in [0.15, 0.2) is 59.6 Å². The molecule has 6 heteroatoms. The van der Waals surface area contributed by atoms with Crippen LogP contribution in [0.1, 0.15) is 36.0 Å². The zero-order chi connectivity index (χ0) is 18.4. The number of ketones is 1. The van der Waals surface area contributed by atoms with Gasteiger partial charge in [0.15, 0.2) is 5.78 Å². The third kappa shape index (κ3) is 4.33. The molecule has 0 saturated heterocycles. The van der Waals surface area contributed by atoms with Crippen LogP contribution in [0, 0.1) is 10.1 Å². The molecule has 0 bridgehead atoms. The number of carbonyl (C=O) groups is 1. The van der Waals surface area contributed by atoms with Gasteiger partial charge in [-0.1, -0.05) is 24.6 Å². The molecule has 0 unspecified atom stereocenters. The van der Waals surface area contributed by atoms with Gasteiger partial charge in [-0.05, 0) is 37.1 Å². The Bertz CT molecular complexity index is 801. The summed E-state index contributed by atoms with van der Waals surface area (Å²) < 4.78 is 0. The van der Waals surface area contributed by atoms with Gasteiger partial charge in [-0.25, -0.2) is 0 Å². The van der Waals surface area contributed by atoms with Crippen molar-refractivity contribution in [1.82, 2.24) is 0 Å². The molecule has 0 spiro atoms. The Hall–Kier alpha value is -3.02. The van der Waals surface area contributed by atoms with E-state index in [9.17, 15) is 14.9 Å². The van der Waals surface area contributed by atoms with E-state index < -0.39 is 4.92 Å². The summed E-state index contributed by atoms with van der Waals surface area (Å²) in [7, 11) is 0. The molecule has 6 nitrogen and oxygen atoms in total. The van der Waals surface area contributed by atoms with Gasteiger partial charge in [0.1, 0.15) is 5.84 Å². The Morgan fingerprint density at radius 2 is 1.77 bits per heavy atom. The Morgan fingerprint density at radius 3 is 2.46 bits per heavy atom. The van der Waals surface area contributed by atoms with E-state index in [4.69, 9.17) is 0 Å². The van der Waals surface area contributed by atoms with Crippen LogP contribution in [-0.2, 0) is 0 Å². The first-order chi connectivity index (χ1) is 12.6. The maximum absolute atomic E-state index is 12.8. The molecule has 26 heavy (non-hydrogen) atoms. The van der Waals surface area contributed by atoms with E-state index in [1.807, 2.05) is 35.2 Å². The van der Waals surface area contributed by atoms with Crippen molar-refractivity contribution >= 4 is 23.0 Å². The van der Waals surface area contributed by atoms with Gasteiger partial charge in [0, 0.05) is 36.3 Å². The van der Waals surface area contributed by atoms with Gasteiger partial charge in [-0.3, -0.25) is 19.9 Å². The lowest BCUT2D eigenvalue weighted by molar-refractivity contribution is -0.384. The Balaban J connectivity index is 1.84. The standard InChI is InChI=1S/C20H21N3O3/c24-19(16-10-12-18(13-11-16)23(25)26)15-22(17-7-3-1-4-8-17)20-9-5-2-6-14-21-20/h1,3-4,7-8,10-13H,2,5-6,9,14-15H2. The van der Waals surface area contributed by atoms with Crippen LogP contribution >= 0.6 is 0 Å². The summed E-state index contributed by atoms with van der Waals surface area (Å²) in [6.45, 7) is 0.949. The number of nitrogens with zero attached hydrogens (tertiary/aromatic N) is 3. The highest BCUT2D eigenvalue weighted by Crippen LogP contribution is 2.20. The monoisotopic (exact) mass is 351 g/mol. The van der Waals surface area contributed by atoms with E-state index in [0.717, 1.165) is 43.8 Å². The Labute approximate surface area is 152 Å². The van der Waals surface area contributed by atoms with Crippen LogP contribution in [0.25, 0.3) is 0 Å². The first kappa shape index (κ1) is 17.8. The SMILES string of the molecule is O=C(CN(C1=NCCCCC1)c1ccccc1)c1ccc([N+](=O)[O-])cc1. The van der Waals surface area contributed by atoms with Crippen LogP contribution in [-0.4, -0.2) is 29.6 Å². The molecule has 0 fully saturated rings. The van der Waals surface area contributed by atoms with E-state index in [0.29, 0.717) is 5.56 Å². The van der Waals surface area contributed by atoms with E-state index in [1.165, 1.54) is 24.3 Å². The number of rotatable bonds is 5. The molecule has 0 aromatic heterocycles. The maximum Gasteiger partial charge on any atom is 0.269 e. The second-order valence-corrected chi connectivity index (χ2v) is 6.26. The van der Waals surface area contributed by atoms with Gasteiger partial charge in [-0.15, -0.1) is 0 Å². The fraction of sp³-hybridized carbons (Fsp3) is 0.300. The highest BCUT2D eigenvalue weighted by atomic mass is 16.6. The number of nitro benzene ring substituents is 1. The molecule has 2 aromatic rings. The number of para-hydroxylation sites is 1. The summed E-state index contributed by atoms with van der Waals surface area (Å²) in [4.78, 5) is 29.7. The van der Waals surface area contributed by atoms with Gasteiger partial charge >= 0.3 is 0 Å². The summed E-state index contributed by atoms with van der Waals surface area (Å²) in [5, 5.41) is 10.8. The van der Waals surface area contributed by atoms with Gasteiger partial charge in [-0.2, -0.15) is 0 Å². The third-order valence-electron chi connectivity index (χ3n) is 4.43. The van der Waals surface area contributed by atoms with Crippen molar-refractivity contribution in [2.24, 2.45) is 4.99 Å². The lowest BCUT2D eigenvalue weighted by Crippen LogP contribution is -2.35. The summed E-state index contributed by atoms with van der Waals surface area (Å²) in [6.07, 6.45) is 4.13. The number of Topliss-reactive ketones (excluding diaryl/α,β-unsaturated/α-hetero) is 1. The number of anilines is 1. The average molecular weight is 351 g/mol. The minimum atomic E-state index is -0.467. The zero-order valence-electron chi connectivity index (χ0n) is 14.5.